The average Bonchev–Trinajstić information content (AvgIpc) is 2.50. The number of Topliss-reactive ketones (excluding diaryl/α,β-unsaturated/α-hetero) is 1. The normalized spacial score (nSPS) is 9.09. The summed E-state index contributed by atoms with van der Waals surface area (Å²) in [4.78, 5) is 17.3. The van der Waals surface area contributed by atoms with Gasteiger partial charge in [-0.1, -0.05) is 6.92 Å². The Morgan fingerprint density at radius 1 is 1.91 bits per heavy atom. The molecule has 0 saturated heterocycles. The standard InChI is InChI=1S/C7H7N3O/c1-2-6(11)7-5(3-8)9-4-10-7/h4H,2H2,1H3,(H,9,10). The van der Waals surface area contributed by atoms with E-state index >= 15 is 0 Å². The molecule has 0 amide bonds. The van der Waals surface area contributed by atoms with Gasteiger partial charge in [0.25, 0.3) is 0 Å². The summed E-state index contributed by atoms with van der Waals surface area (Å²) in [6, 6.07) is 1.83. The zero-order valence-electron chi connectivity index (χ0n) is 6.09. The summed E-state index contributed by atoms with van der Waals surface area (Å²) in [5.74, 6) is -0.0842. The van der Waals surface area contributed by atoms with Gasteiger partial charge < -0.3 is 4.98 Å². The fourth-order valence-corrected chi connectivity index (χ4v) is 0.768. The van der Waals surface area contributed by atoms with Crippen LogP contribution in [0.5, 0.6) is 0 Å². The van der Waals surface area contributed by atoms with Crippen LogP contribution in [0.15, 0.2) is 6.33 Å². The van der Waals surface area contributed by atoms with E-state index in [0.717, 1.165) is 0 Å². The Morgan fingerprint density at radius 3 is 3.18 bits per heavy atom. The van der Waals surface area contributed by atoms with Crippen LogP contribution in [-0.2, 0) is 0 Å². The summed E-state index contributed by atoms with van der Waals surface area (Å²) < 4.78 is 0. The van der Waals surface area contributed by atoms with E-state index in [4.69, 9.17) is 5.26 Å². The van der Waals surface area contributed by atoms with E-state index in [9.17, 15) is 4.79 Å². The van der Waals surface area contributed by atoms with Gasteiger partial charge in [-0.15, -0.1) is 0 Å². The molecule has 0 aromatic carbocycles. The smallest absolute Gasteiger partial charge is 0.181 e. The minimum atomic E-state index is -0.0842. The Hall–Kier alpha value is -1.63. The average molecular weight is 149 g/mol. The maximum Gasteiger partial charge on any atom is 0.181 e. The molecule has 0 radical (unpaired) electrons. The van der Waals surface area contributed by atoms with Crippen molar-refractivity contribution in [2.75, 3.05) is 0 Å². The first-order chi connectivity index (χ1) is 5.29. The quantitative estimate of drug-likeness (QED) is 0.634. The predicted molar refractivity (Wildman–Crippen MR) is 37.9 cm³/mol. The number of ketones is 1. The molecule has 0 aliphatic carbocycles. The topological polar surface area (TPSA) is 69.5 Å². The minimum absolute atomic E-state index is 0.0842. The van der Waals surface area contributed by atoms with E-state index < -0.39 is 0 Å². The number of nitriles is 1. The highest BCUT2D eigenvalue weighted by molar-refractivity contribution is 5.95. The van der Waals surface area contributed by atoms with Gasteiger partial charge in [0.05, 0.1) is 6.33 Å². The molecule has 0 bridgehead atoms. The molecule has 1 heterocycles. The highest BCUT2D eigenvalue weighted by Gasteiger charge is 2.10. The third-order valence-electron chi connectivity index (χ3n) is 1.35. The number of aromatic amines is 1. The summed E-state index contributed by atoms with van der Waals surface area (Å²) in [7, 11) is 0. The van der Waals surface area contributed by atoms with Crippen LogP contribution >= 0.6 is 0 Å². The highest BCUT2D eigenvalue weighted by atomic mass is 16.1. The lowest BCUT2D eigenvalue weighted by Gasteiger charge is -1.89. The molecule has 0 atom stereocenters. The number of nitrogens with one attached hydrogen (secondary N) is 1. The van der Waals surface area contributed by atoms with Crippen LogP contribution in [0, 0.1) is 11.3 Å². The van der Waals surface area contributed by atoms with E-state index in [0.29, 0.717) is 12.1 Å². The van der Waals surface area contributed by atoms with E-state index in [1.54, 1.807) is 6.92 Å². The summed E-state index contributed by atoms with van der Waals surface area (Å²) in [5.41, 5.74) is 0.492. The lowest BCUT2D eigenvalue weighted by atomic mass is 10.2. The van der Waals surface area contributed by atoms with Gasteiger partial charge in [-0.05, 0) is 0 Å². The molecule has 0 aliphatic rings. The van der Waals surface area contributed by atoms with Crippen molar-refractivity contribution < 1.29 is 4.79 Å². The Labute approximate surface area is 63.9 Å². The minimum Gasteiger partial charge on any atom is -0.341 e. The fourth-order valence-electron chi connectivity index (χ4n) is 0.768. The Kier molecular flexibility index (Phi) is 2.02. The van der Waals surface area contributed by atoms with Gasteiger partial charge in [-0.25, -0.2) is 4.98 Å². The Bertz CT molecular complexity index is 308. The van der Waals surface area contributed by atoms with Crippen LogP contribution in [0.3, 0.4) is 0 Å². The predicted octanol–water partition coefficient (Wildman–Crippen LogP) is 0.874. The largest absolute Gasteiger partial charge is 0.341 e. The van der Waals surface area contributed by atoms with Gasteiger partial charge in [-0.2, -0.15) is 5.26 Å². The fraction of sp³-hybridized carbons (Fsp3) is 0.286. The van der Waals surface area contributed by atoms with Crippen LogP contribution in [0.25, 0.3) is 0 Å². The van der Waals surface area contributed by atoms with Crippen molar-refractivity contribution in [3.8, 4) is 6.07 Å². The molecular formula is C7H7N3O. The first-order valence-electron chi connectivity index (χ1n) is 3.26. The zero-order valence-corrected chi connectivity index (χ0v) is 6.09. The maximum absolute atomic E-state index is 11.0. The zero-order chi connectivity index (χ0) is 8.27. The molecule has 11 heavy (non-hydrogen) atoms. The molecule has 0 spiro atoms. The molecule has 0 saturated carbocycles. The van der Waals surface area contributed by atoms with E-state index in [2.05, 4.69) is 9.97 Å². The van der Waals surface area contributed by atoms with Gasteiger partial charge in [0.15, 0.2) is 11.5 Å². The number of hydrogen-bond acceptors (Lipinski definition) is 3. The number of carbonyl (C=O) groups is 1. The second kappa shape index (κ2) is 2.97. The summed E-state index contributed by atoms with van der Waals surface area (Å²) >= 11 is 0. The Morgan fingerprint density at radius 2 is 2.64 bits per heavy atom. The van der Waals surface area contributed by atoms with E-state index in [1.165, 1.54) is 6.33 Å². The lowest BCUT2D eigenvalue weighted by molar-refractivity contribution is 0.0983. The second-order valence-electron chi connectivity index (χ2n) is 2.01. The number of imidazole rings is 1. The number of H-pyrrole nitrogens is 1. The molecule has 1 aromatic rings. The molecule has 0 aliphatic heterocycles. The SMILES string of the molecule is CCC(=O)c1[nH]cnc1C#N. The molecule has 1 rings (SSSR count). The second-order valence-corrected chi connectivity index (χ2v) is 2.01. The van der Waals surface area contributed by atoms with Gasteiger partial charge in [-0.3, -0.25) is 4.79 Å². The molecule has 4 heteroatoms. The summed E-state index contributed by atoms with van der Waals surface area (Å²) in [6.07, 6.45) is 1.73. The van der Waals surface area contributed by atoms with Crippen LogP contribution in [0.4, 0.5) is 0 Å². The third kappa shape index (κ3) is 1.27. The number of rotatable bonds is 2. The van der Waals surface area contributed by atoms with E-state index in [1.807, 2.05) is 6.07 Å². The van der Waals surface area contributed by atoms with Gasteiger partial charge in [0.2, 0.25) is 0 Å². The van der Waals surface area contributed by atoms with Crippen molar-refractivity contribution >= 4 is 5.78 Å². The van der Waals surface area contributed by atoms with Crippen LogP contribution in [0.2, 0.25) is 0 Å². The molecule has 0 fully saturated rings. The molecule has 1 aromatic heterocycles. The van der Waals surface area contributed by atoms with Crippen molar-refractivity contribution in [3.63, 3.8) is 0 Å². The van der Waals surface area contributed by atoms with Crippen molar-refractivity contribution in [2.45, 2.75) is 13.3 Å². The summed E-state index contributed by atoms with van der Waals surface area (Å²) in [5, 5.41) is 8.47. The monoisotopic (exact) mass is 149 g/mol. The van der Waals surface area contributed by atoms with Crippen molar-refractivity contribution in [1.29, 1.82) is 5.26 Å². The lowest BCUT2D eigenvalue weighted by Crippen LogP contribution is -1.99. The third-order valence-corrected chi connectivity index (χ3v) is 1.35. The molecule has 1 N–H and O–H groups in total. The van der Waals surface area contributed by atoms with Crippen LogP contribution in [-0.4, -0.2) is 15.8 Å². The van der Waals surface area contributed by atoms with Crippen LogP contribution < -0.4 is 0 Å². The first kappa shape index (κ1) is 7.48. The van der Waals surface area contributed by atoms with Crippen molar-refractivity contribution in [1.82, 2.24) is 9.97 Å². The van der Waals surface area contributed by atoms with E-state index in [-0.39, 0.29) is 11.5 Å². The van der Waals surface area contributed by atoms with Gasteiger partial charge >= 0.3 is 0 Å². The maximum atomic E-state index is 11.0. The first-order valence-corrected chi connectivity index (χ1v) is 3.26. The van der Waals surface area contributed by atoms with Gasteiger partial charge in [0, 0.05) is 6.42 Å². The van der Waals surface area contributed by atoms with Crippen molar-refractivity contribution in [3.05, 3.63) is 17.7 Å². The van der Waals surface area contributed by atoms with Crippen molar-refractivity contribution in [2.24, 2.45) is 0 Å². The molecule has 0 unspecified atom stereocenters. The Balaban J connectivity index is 3.05. The number of hydrogen-bond donors (Lipinski definition) is 1. The molecule has 4 nitrogen and oxygen atoms in total. The summed E-state index contributed by atoms with van der Waals surface area (Å²) in [6.45, 7) is 1.74. The van der Waals surface area contributed by atoms with Gasteiger partial charge in [0.1, 0.15) is 11.8 Å². The molecule has 56 valence electrons. The number of aromatic nitrogens is 2. The van der Waals surface area contributed by atoms with Crippen LogP contribution in [0.1, 0.15) is 29.5 Å². The molecular weight excluding hydrogens is 142 g/mol. The number of nitrogens with zero attached hydrogens (tertiary/aromatic N) is 2. The highest BCUT2D eigenvalue weighted by Crippen LogP contribution is 2.03. The number of carbonyl (C=O) groups excluding carboxylic acids is 1.